The minimum absolute atomic E-state index is 0.122. The van der Waals surface area contributed by atoms with Crippen LogP contribution in [0.1, 0.15) is 35.2 Å². The monoisotopic (exact) mass is 281 g/mol. The number of aromatic nitrogens is 2. The number of rotatable bonds is 3. The Balaban J connectivity index is 1.50. The maximum Gasteiger partial charge on any atom is 0.229 e. The third-order valence-corrected chi connectivity index (χ3v) is 5.05. The Morgan fingerprint density at radius 1 is 1.43 bits per heavy atom. The lowest BCUT2D eigenvalue weighted by Gasteiger charge is -2.07. The van der Waals surface area contributed by atoms with Gasteiger partial charge in [-0.05, 0) is 42.7 Å². The summed E-state index contributed by atoms with van der Waals surface area (Å²) in [7, 11) is 0. The summed E-state index contributed by atoms with van der Waals surface area (Å²) in [4.78, 5) is 12.5. The van der Waals surface area contributed by atoms with Crippen molar-refractivity contribution in [3.63, 3.8) is 0 Å². The first-order valence-electron chi connectivity index (χ1n) is 7.63. The Bertz CT molecular complexity index is 719. The van der Waals surface area contributed by atoms with Gasteiger partial charge >= 0.3 is 0 Å². The summed E-state index contributed by atoms with van der Waals surface area (Å²) >= 11 is 0. The first-order valence-corrected chi connectivity index (χ1v) is 7.63. The van der Waals surface area contributed by atoms with Crippen LogP contribution in [0.3, 0.4) is 0 Å². The van der Waals surface area contributed by atoms with Crippen molar-refractivity contribution in [2.24, 2.45) is 11.8 Å². The number of amides is 1. The minimum Gasteiger partial charge on any atom is -0.309 e. The van der Waals surface area contributed by atoms with Crippen molar-refractivity contribution < 1.29 is 4.79 Å². The number of aryl methyl sites for hydroxylation is 1. The average molecular weight is 281 g/mol. The van der Waals surface area contributed by atoms with Crippen molar-refractivity contribution in [1.29, 1.82) is 0 Å². The third kappa shape index (κ3) is 1.82. The molecule has 0 spiro atoms. The van der Waals surface area contributed by atoms with Gasteiger partial charge in [-0.15, -0.1) is 0 Å². The summed E-state index contributed by atoms with van der Waals surface area (Å²) in [6.07, 6.45) is 1.94. The van der Waals surface area contributed by atoms with E-state index in [9.17, 15) is 4.79 Å². The molecule has 1 aromatic heterocycles. The molecule has 108 valence electrons. The van der Waals surface area contributed by atoms with Crippen LogP contribution in [0.4, 0.5) is 5.82 Å². The van der Waals surface area contributed by atoms with Crippen LogP contribution in [-0.2, 0) is 17.6 Å². The Labute approximate surface area is 124 Å². The van der Waals surface area contributed by atoms with E-state index in [2.05, 4.69) is 46.7 Å². The Kier molecular flexibility index (Phi) is 2.67. The van der Waals surface area contributed by atoms with Crippen LogP contribution in [0.5, 0.6) is 0 Å². The summed E-state index contributed by atoms with van der Waals surface area (Å²) < 4.78 is 0. The molecule has 0 saturated heterocycles. The number of nitrogens with zero attached hydrogens (tertiary/aromatic N) is 1. The summed E-state index contributed by atoms with van der Waals surface area (Å²) in [5.41, 5.74) is 4.93. The SMILES string of the molecule is CCc1[nH]nc(NC(=O)C2C3Cc4ccccc4C32)c1C. The lowest BCUT2D eigenvalue weighted by atomic mass is 10.0. The molecule has 4 nitrogen and oxygen atoms in total. The van der Waals surface area contributed by atoms with Gasteiger partial charge in [0.05, 0.1) is 0 Å². The standard InChI is InChI=1S/C17H19N3O/c1-3-13-9(2)16(20-19-13)18-17(21)15-12-8-10-6-4-5-7-11(10)14(12)15/h4-7,12,14-15H,3,8H2,1-2H3,(H2,18,19,20,21). The zero-order valence-corrected chi connectivity index (χ0v) is 12.3. The molecule has 1 saturated carbocycles. The van der Waals surface area contributed by atoms with Crippen LogP contribution in [-0.4, -0.2) is 16.1 Å². The van der Waals surface area contributed by atoms with E-state index in [-0.39, 0.29) is 11.8 Å². The molecule has 1 aromatic carbocycles. The van der Waals surface area contributed by atoms with E-state index in [0.717, 1.165) is 24.1 Å². The zero-order valence-electron chi connectivity index (χ0n) is 12.3. The Hall–Kier alpha value is -2.10. The number of aromatic amines is 1. The topological polar surface area (TPSA) is 57.8 Å². The van der Waals surface area contributed by atoms with E-state index in [0.29, 0.717) is 17.7 Å². The molecule has 4 heteroatoms. The van der Waals surface area contributed by atoms with Crippen molar-refractivity contribution in [3.05, 3.63) is 46.6 Å². The molecular weight excluding hydrogens is 262 g/mol. The van der Waals surface area contributed by atoms with E-state index in [1.165, 1.54) is 11.1 Å². The van der Waals surface area contributed by atoms with Crippen molar-refractivity contribution in [2.45, 2.75) is 32.6 Å². The Morgan fingerprint density at radius 2 is 2.24 bits per heavy atom. The molecule has 2 N–H and O–H groups in total. The fourth-order valence-electron chi connectivity index (χ4n) is 3.81. The molecule has 4 rings (SSSR count). The van der Waals surface area contributed by atoms with Gasteiger partial charge in [-0.1, -0.05) is 31.2 Å². The van der Waals surface area contributed by atoms with E-state index >= 15 is 0 Å². The summed E-state index contributed by atoms with van der Waals surface area (Å²) in [5.74, 6) is 1.85. The van der Waals surface area contributed by atoms with Gasteiger partial charge in [0.15, 0.2) is 5.82 Å². The van der Waals surface area contributed by atoms with Gasteiger partial charge < -0.3 is 5.32 Å². The lowest BCUT2D eigenvalue weighted by molar-refractivity contribution is -0.117. The molecule has 3 unspecified atom stereocenters. The fraction of sp³-hybridized carbons (Fsp3) is 0.412. The molecule has 3 atom stereocenters. The number of carbonyl (C=O) groups is 1. The molecule has 1 heterocycles. The van der Waals surface area contributed by atoms with Gasteiger partial charge in [0.2, 0.25) is 5.91 Å². The molecule has 0 aliphatic heterocycles. The van der Waals surface area contributed by atoms with Crippen molar-refractivity contribution in [1.82, 2.24) is 10.2 Å². The van der Waals surface area contributed by atoms with Crippen LogP contribution in [0.2, 0.25) is 0 Å². The fourth-order valence-corrected chi connectivity index (χ4v) is 3.81. The van der Waals surface area contributed by atoms with Crippen LogP contribution < -0.4 is 5.32 Å². The van der Waals surface area contributed by atoms with Gasteiger partial charge in [-0.3, -0.25) is 9.89 Å². The highest BCUT2D eigenvalue weighted by Crippen LogP contribution is 2.61. The molecular formula is C17H19N3O. The van der Waals surface area contributed by atoms with Gasteiger partial charge in [-0.25, -0.2) is 0 Å². The molecule has 1 fully saturated rings. The van der Waals surface area contributed by atoms with Gasteiger partial charge in [0, 0.05) is 17.2 Å². The van der Waals surface area contributed by atoms with Crippen molar-refractivity contribution >= 4 is 11.7 Å². The number of nitrogens with one attached hydrogen (secondary N) is 2. The van der Waals surface area contributed by atoms with Crippen molar-refractivity contribution in [2.75, 3.05) is 5.32 Å². The highest BCUT2D eigenvalue weighted by Gasteiger charge is 2.59. The Morgan fingerprint density at radius 3 is 3.00 bits per heavy atom. The smallest absolute Gasteiger partial charge is 0.229 e. The molecule has 2 aliphatic carbocycles. The highest BCUT2D eigenvalue weighted by atomic mass is 16.2. The third-order valence-electron chi connectivity index (χ3n) is 5.05. The second-order valence-electron chi connectivity index (χ2n) is 6.14. The second kappa shape index (κ2) is 4.45. The van der Waals surface area contributed by atoms with Crippen LogP contribution in [0.25, 0.3) is 0 Å². The molecule has 1 amide bonds. The maximum atomic E-state index is 12.5. The van der Waals surface area contributed by atoms with Crippen LogP contribution >= 0.6 is 0 Å². The molecule has 0 bridgehead atoms. The van der Waals surface area contributed by atoms with E-state index in [1.54, 1.807) is 0 Å². The van der Waals surface area contributed by atoms with Gasteiger partial charge in [0.25, 0.3) is 0 Å². The van der Waals surface area contributed by atoms with E-state index in [4.69, 9.17) is 0 Å². The average Bonchev–Trinajstić information content (AvgIpc) is 2.91. The number of carbonyl (C=O) groups excluding carboxylic acids is 1. The summed E-state index contributed by atoms with van der Waals surface area (Å²) in [5, 5.41) is 10.2. The highest BCUT2D eigenvalue weighted by molar-refractivity contribution is 5.96. The van der Waals surface area contributed by atoms with Crippen molar-refractivity contribution in [3.8, 4) is 0 Å². The molecule has 21 heavy (non-hydrogen) atoms. The molecule has 2 aromatic rings. The first kappa shape index (κ1) is 12.6. The predicted octanol–water partition coefficient (Wildman–Crippen LogP) is 2.80. The summed E-state index contributed by atoms with van der Waals surface area (Å²) in [6, 6.07) is 8.50. The number of hydrogen-bond acceptors (Lipinski definition) is 2. The second-order valence-corrected chi connectivity index (χ2v) is 6.14. The number of H-pyrrole nitrogens is 1. The largest absolute Gasteiger partial charge is 0.309 e. The number of fused-ring (bicyclic) bond motifs is 3. The predicted molar refractivity (Wildman–Crippen MR) is 81.2 cm³/mol. The number of anilines is 1. The minimum atomic E-state index is 0.122. The molecule has 2 aliphatic rings. The van der Waals surface area contributed by atoms with E-state index in [1.807, 2.05) is 6.92 Å². The van der Waals surface area contributed by atoms with Gasteiger partial charge in [0.1, 0.15) is 0 Å². The lowest BCUT2D eigenvalue weighted by Crippen LogP contribution is -2.18. The van der Waals surface area contributed by atoms with Gasteiger partial charge in [-0.2, -0.15) is 5.10 Å². The molecule has 0 radical (unpaired) electrons. The normalized spacial score (nSPS) is 25.3. The number of benzene rings is 1. The van der Waals surface area contributed by atoms with E-state index < -0.39 is 0 Å². The zero-order chi connectivity index (χ0) is 14.6. The van der Waals surface area contributed by atoms with Crippen LogP contribution in [0.15, 0.2) is 24.3 Å². The summed E-state index contributed by atoms with van der Waals surface area (Å²) in [6.45, 7) is 4.08. The maximum absolute atomic E-state index is 12.5. The number of hydrogen-bond donors (Lipinski definition) is 2. The first-order chi connectivity index (χ1) is 10.2. The quantitative estimate of drug-likeness (QED) is 0.909. The van der Waals surface area contributed by atoms with Crippen LogP contribution in [0, 0.1) is 18.8 Å².